The van der Waals surface area contributed by atoms with E-state index in [1.165, 1.54) is 0 Å². The van der Waals surface area contributed by atoms with Crippen molar-refractivity contribution in [2.45, 2.75) is 9.79 Å². The number of rotatable bonds is 2. The first-order valence-electron chi connectivity index (χ1n) is 3.51. The van der Waals surface area contributed by atoms with Crippen LogP contribution in [-0.2, 0) is 20.0 Å². The van der Waals surface area contributed by atoms with E-state index in [9.17, 15) is 16.8 Å². The minimum atomic E-state index is -4.19. The number of phenols is 1. The third-order valence-electron chi connectivity index (χ3n) is 1.57. The van der Waals surface area contributed by atoms with Gasteiger partial charge in [0, 0.05) is 0 Å². The smallest absolute Gasteiger partial charge is 0.241 e. The molecule has 5 N–H and O–H groups in total. The van der Waals surface area contributed by atoms with Crippen LogP contribution in [0, 0.1) is 0 Å². The predicted octanol–water partition coefficient (Wildman–Crippen LogP) is -1.31. The zero-order valence-corrected chi connectivity index (χ0v) is 8.92. The number of phenolic OH excluding ortho intramolecular Hbond substituents is 1. The van der Waals surface area contributed by atoms with Gasteiger partial charge in [-0.15, -0.1) is 0 Å². The summed E-state index contributed by atoms with van der Waals surface area (Å²) in [5.41, 5.74) is 0. The summed E-state index contributed by atoms with van der Waals surface area (Å²) in [5, 5.41) is 18.7. The van der Waals surface area contributed by atoms with E-state index in [0.29, 0.717) is 6.07 Å². The number of hydrogen-bond donors (Lipinski definition) is 3. The topological polar surface area (TPSA) is 141 Å². The van der Waals surface area contributed by atoms with Crippen LogP contribution in [0.25, 0.3) is 0 Å². The van der Waals surface area contributed by atoms with Gasteiger partial charge in [-0.05, 0) is 18.2 Å². The summed E-state index contributed by atoms with van der Waals surface area (Å²) in [4.78, 5) is -1.13. The average molecular weight is 252 g/mol. The van der Waals surface area contributed by atoms with Gasteiger partial charge >= 0.3 is 0 Å². The molecule has 0 fully saturated rings. The van der Waals surface area contributed by atoms with Crippen molar-refractivity contribution in [1.82, 2.24) is 0 Å². The fraction of sp³-hybridized carbons (Fsp3) is 0. The van der Waals surface area contributed by atoms with Crippen LogP contribution in [0.1, 0.15) is 0 Å². The number of hydrogen-bond acceptors (Lipinski definition) is 5. The van der Waals surface area contributed by atoms with E-state index in [2.05, 4.69) is 0 Å². The van der Waals surface area contributed by atoms with Crippen LogP contribution in [0.3, 0.4) is 0 Å². The van der Waals surface area contributed by atoms with Crippen LogP contribution < -0.4 is 10.3 Å². The molecule has 0 amide bonds. The molecule has 1 rings (SSSR count). The Kier molecular flexibility index (Phi) is 2.74. The van der Waals surface area contributed by atoms with E-state index >= 15 is 0 Å². The number of aromatic hydroxyl groups is 1. The molecule has 1 aromatic rings. The number of primary sulfonamides is 2. The van der Waals surface area contributed by atoms with Crippen molar-refractivity contribution in [1.29, 1.82) is 0 Å². The molecule has 1 aromatic carbocycles. The lowest BCUT2D eigenvalue weighted by Gasteiger charge is -2.03. The van der Waals surface area contributed by atoms with Crippen molar-refractivity contribution in [3.63, 3.8) is 0 Å². The molecular weight excluding hydrogens is 244 g/mol. The van der Waals surface area contributed by atoms with Gasteiger partial charge in [0.1, 0.15) is 10.6 Å². The van der Waals surface area contributed by atoms with Gasteiger partial charge in [0.25, 0.3) is 0 Å². The molecule has 9 heteroatoms. The summed E-state index contributed by atoms with van der Waals surface area (Å²) in [6.45, 7) is 0. The van der Waals surface area contributed by atoms with Gasteiger partial charge in [0.2, 0.25) is 20.0 Å². The van der Waals surface area contributed by atoms with Gasteiger partial charge in [-0.25, -0.2) is 27.1 Å². The number of sulfonamides is 2. The molecule has 0 bridgehead atoms. The maximum absolute atomic E-state index is 10.9. The molecule has 15 heavy (non-hydrogen) atoms. The molecule has 0 heterocycles. The van der Waals surface area contributed by atoms with Crippen molar-refractivity contribution < 1.29 is 21.9 Å². The summed E-state index contributed by atoms with van der Waals surface area (Å²) < 4.78 is 43.6. The SMILES string of the molecule is NS(=O)(=O)c1ccc(O)c(S(N)(=O)=O)c1. The first-order chi connectivity index (χ1) is 6.62. The lowest BCUT2D eigenvalue weighted by Crippen LogP contribution is -2.16. The highest BCUT2D eigenvalue weighted by molar-refractivity contribution is 7.90. The third kappa shape index (κ3) is 2.65. The van der Waals surface area contributed by atoms with E-state index < -0.39 is 35.6 Å². The van der Waals surface area contributed by atoms with Crippen molar-refractivity contribution >= 4 is 20.0 Å². The lowest BCUT2D eigenvalue weighted by molar-refractivity contribution is 0.458. The van der Waals surface area contributed by atoms with Crippen molar-refractivity contribution in [3.8, 4) is 5.75 Å². The fourth-order valence-electron chi connectivity index (χ4n) is 0.899. The Balaban J connectivity index is 3.57. The summed E-state index contributed by atoms with van der Waals surface area (Å²) in [6, 6.07) is 2.55. The summed E-state index contributed by atoms with van der Waals surface area (Å²) >= 11 is 0. The highest BCUT2D eigenvalue weighted by Crippen LogP contribution is 2.23. The van der Waals surface area contributed by atoms with Crippen LogP contribution >= 0.6 is 0 Å². The Morgan fingerprint density at radius 3 is 1.93 bits per heavy atom. The molecule has 7 nitrogen and oxygen atoms in total. The standard InChI is InChI=1S/C6H8N2O5S2/c7-14(10,11)4-1-2-5(9)6(3-4)15(8,12)13/h1-3,9H,(H2,7,10,11)(H2,8,12,13). The zero-order chi connectivity index (χ0) is 11.9. The molecule has 0 radical (unpaired) electrons. The molecule has 0 spiro atoms. The van der Waals surface area contributed by atoms with Crippen LogP contribution in [0.2, 0.25) is 0 Å². The Morgan fingerprint density at radius 1 is 1.00 bits per heavy atom. The Hall–Kier alpha value is -1.16. The Labute approximate surface area is 86.4 Å². The molecule has 0 aromatic heterocycles. The van der Waals surface area contributed by atoms with E-state index in [0.717, 1.165) is 12.1 Å². The maximum atomic E-state index is 10.9. The van der Waals surface area contributed by atoms with E-state index in [-0.39, 0.29) is 0 Å². The lowest BCUT2D eigenvalue weighted by atomic mass is 10.3. The molecule has 0 aliphatic rings. The average Bonchev–Trinajstić information content (AvgIpc) is 2.00. The van der Waals surface area contributed by atoms with Gasteiger partial charge in [0.15, 0.2) is 0 Å². The highest BCUT2D eigenvalue weighted by Gasteiger charge is 2.17. The molecule has 0 unspecified atom stereocenters. The van der Waals surface area contributed by atoms with Gasteiger partial charge < -0.3 is 5.11 Å². The van der Waals surface area contributed by atoms with Crippen LogP contribution in [0.15, 0.2) is 28.0 Å². The fourth-order valence-corrected chi connectivity index (χ4v) is 2.16. The van der Waals surface area contributed by atoms with E-state index in [1.807, 2.05) is 0 Å². The third-order valence-corrected chi connectivity index (χ3v) is 3.42. The molecule has 0 atom stereocenters. The summed E-state index contributed by atoms with van der Waals surface area (Å²) in [7, 11) is -8.22. The predicted molar refractivity (Wildman–Crippen MR) is 50.9 cm³/mol. The molecule has 0 saturated carbocycles. The number of benzene rings is 1. The molecule has 84 valence electrons. The largest absolute Gasteiger partial charge is 0.507 e. The van der Waals surface area contributed by atoms with Gasteiger partial charge in [-0.3, -0.25) is 0 Å². The molecular formula is C6H8N2O5S2. The minimum Gasteiger partial charge on any atom is -0.507 e. The monoisotopic (exact) mass is 252 g/mol. The minimum absolute atomic E-state index is 0.440. The van der Waals surface area contributed by atoms with Crippen molar-refractivity contribution in [3.05, 3.63) is 18.2 Å². The van der Waals surface area contributed by atoms with Crippen LogP contribution in [0.5, 0.6) is 5.75 Å². The van der Waals surface area contributed by atoms with E-state index in [4.69, 9.17) is 15.4 Å². The van der Waals surface area contributed by atoms with Crippen molar-refractivity contribution in [2.75, 3.05) is 0 Å². The number of nitrogens with two attached hydrogens (primary N) is 2. The first-order valence-corrected chi connectivity index (χ1v) is 6.60. The second kappa shape index (κ2) is 3.45. The molecule has 0 aliphatic carbocycles. The summed E-state index contributed by atoms with van der Waals surface area (Å²) in [5.74, 6) is -0.634. The van der Waals surface area contributed by atoms with Crippen molar-refractivity contribution in [2.24, 2.45) is 10.3 Å². The first kappa shape index (κ1) is 11.9. The molecule has 0 aliphatic heterocycles. The maximum Gasteiger partial charge on any atom is 0.241 e. The van der Waals surface area contributed by atoms with Gasteiger partial charge in [-0.2, -0.15) is 0 Å². The van der Waals surface area contributed by atoms with E-state index in [1.54, 1.807) is 0 Å². The Morgan fingerprint density at radius 2 is 1.53 bits per heavy atom. The van der Waals surface area contributed by atoms with Gasteiger partial charge in [0.05, 0.1) is 4.90 Å². The zero-order valence-electron chi connectivity index (χ0n) is 7.28. The van der Waals surface area contributed by atoms with Crippen LogP contribution in [0.4, 0.5) is 0 Å². The quantitative estimate of drug-likeness (QED) is 0.599. The van der Waals surface area contributed by atoms with Crippen LogP contribution in [-0.4, -0.2) is 21.9 Å². The Bertz CT molecular complexity index is 590. The van der Waals surface area contributed by atoms with Gasteiger partial charge in [-0.1, -0.05) is 0 Å². The highest BCUT2D eigenvalue weighted by atomic mass is 32.2. The molecule has 0 saturated heterocycles. The second-order valence-electron chi connectivity index (χ2n) is 2.72. The summed E-state index contributed by atoms with van der Waals surface area (Å²) in [6.07, 6.45) is 0. The normalized spacial score (nSPS) is 12.7. The second-order valence-corrected chi connectivity index (χ2v) is 5.81.